The van der Waals surface area contributed by atoms with E-state index in [1.54, 1.807) is 41.4 Å². The molecule has 1 N–H and O–H groups in total. The highest BCUT2D eigenvalue weighted by atomic mass is 32.2. The molecule has 4 rings (SSSR count). The number of amides is 1. The minimum Gasteiger partial charge on any atom is -0.468 e. The molecule has 9 heteroatoms. The van der Waals surface area contributed by atoms with E-state index in [0.29, 0.717) is 18.8 Å². The molecule has 1 aliphatic rings. The molecule has 0 saturated carbocycles. The van der Waals surface area contributed by atoms with E-state index in [2.05, 4.69) is 14.6 Å². The van der Waals surface area contributed by atoms with Gasteiger partial charge in [0.15, 0.2) is 0 Å². The fraction of sp³-hybridized carbons (Fsp3) is 0.217. The van der Waals surface area contributed by atoms with Gasteiger partial charge in [0.2, 0.25) is 15.9 Å². The monoisotopic (exact) mass is 452 g/mol. The molecule has 3 aromatic rings. The molecular weight excluding hydrogens is 428 g/mol. The summed E-state index contributed by atoms with van der Waals surface area (Å²) in [6.07, 6.45) is 6.48. The largest absolute Gasteiger partial charge is 0.468 e. The maximum Gasteiger partial charge on any atom is 0.246 e. The van der Waals surface area contributed by atoms with Crippen LogP contribution >= 0.6 is 0 Å². The first-order chi connectivity index (χ1) is 15.5. The van der Waals surface area contributed by atoms with Gasteiger partial charge in [-0.25, -0.2) is 18.1 Å². The number of benzene rings is 1. The van der Waals surface area contributed by atoms with Gasteiger partial charge in [-0.2, -0.15) is 0 Å². The van der Waals surface area contributed by atoms with E-state index >= 15 is 0 Å². The van der Waals surface area contributed by atoms with Crippen molar-refractivity contribution < 1.29 is 17.6 Å². The Morgan fingerprint density at radius 1 is 1.03 bits per heavy atom. The third-order valence-electron chi connectivity index (χ3n) is 5.19. The van der Waals surface area contributed by atoms with Crippen LogP contribution < -0.4 is 9.62 Å². The van der Waals surface area contributed by atoms with Gasteiger partial charge in [-0.3, -0.25) is 4.79 Å². The van der Waals surface area contributed by atoms with E-state index in [1.807, 2.05) is 18.2 Å². The molecule has 8 nitrogen and oxygen atoms in total. The lowest BCUT2D eigenvalue weighted by Crippen LogP contribution is -2.48. The van der Waals surface area contributed by atoms with E-state index in [1.165, 1.54) is 24.5 Å². The lowest BCUT2D eigenvalue weighted by Gasteiger charge is -2.34. The summed E-state index contributed by atoms with van der Waals surface area (Å²) in [5.41, 5.74) is 0.746. The Bertz CT molecular complexity index is 1150. The maximum atomic E-state index is 12.5. The molecule has 0 spiro atoms. The molecule has 1 saturated heterocycles. The maximum absolute atomic E-state index is 12.5. The average Bonchev–Trinajstić information content (AvgIpc) is 3.36. The highest BCUT2D eigenvalue weighted by Crippen LogP contribution is 2.15. The summed E-state index contributed by atoms with van der Waals surface area (Å²) < 4.78 is 32.4. The number of piperazine rings is 1. The molecule has 0 atom stereocenters. The quantitative estimate of drug-likeness (QED) is 0.554. The van der Waals surface area contributed by atoms with Crippen LogP contribution in [-0.4, -0.2) is 50.4 Å². The second-order valence-electron chi connectivity index (χ2n) is 7.31. The third kappa shape index (κ3) is 5.43. The van der Waals surface area contributed by atoms with Gasteiger partial charge in [0.05, 0.1) is 17.7 Å². The number of furan rings is 1. The van der Waals surface area contributed by atoms with Crippen LogP contribution in [0.2, 0.25) is 0 Å². The van der Waals surface area contributed by atoms with Crippen molar-refractivity contribution >= 4 is 27.8 Å². The van der Waals surface area contributed by atoms with Crippen LogP contribution in [0.4, 0.5) is 5.82 Å². The number of hydrogen-bond acceptors (Lipinski definition) is 6. The number of aromatic nitrogens is 1. The molecular formula is C23H24N4O4S. The van der Waals surface area contributed by atoms with Crippen molar-refractivity contribution in [1.29, 1.82) is 0 Å². The Labute approximate surface area is 187 Å². The number of carbonyl (C=O) groups excluding carboxylic acids is 1. The fourth-order valence-electron chi connectivity index (χ4n) is 3.39. The molecule has 0 aliphatic carbocycles. The average molecular weight is 453 g/mol. The van der Waals surface area contributed by atoms with Crippen molar-refractivity contribution in [1.82, 2.24) is 14.6 Å². The molecule has 0 bridgehead atoms. The fourth-order valence-corrected chi connectivity index (χ4v) is 4.38. The van der Waals surface area contributed by atoms with E-state index in [4.69, 9.17) is 4.42 Å². The van der Waals surface area contributed by atoms with E-state index in [-0.39, 0.29) is 17.3 Å². The summed E-state index contributed by atoms with van der Waals surface area (Å²) in [6, 6.07) is 15.6. The van der Waals surface area contributed by atoms with Crippen LogP contribution in [0.15, 0.2) is 82.4 Å². The van der Waals surface area contributed by atoms with Gasteiger partial charge in [0.1, 0.15) is 11.6 Å². The van der Waals surface area contributed by atoms with Crippen molar-refractivity contribution in [2.24, 2.45) is 0 Å². The first-order valence-electron chi connectivity index (χ1n) is 10.3. The predicted octanol–water partition coefficient (Wildman–Crippen LogP) is 2.52. The van der Waals surface area contributed by atoms with Gasteiger partial charge in [-0.05, 0) is 48.0 Å². The van der Waals surface area contributed by atoms with Gasteiger partial charge in [-0.1, -0.05) is 18.2 Å². The molecule has 32 heavy (non-hydrogen) atoms. The van der Waals surface area contributed by atoms with Crippen molar-refractivity contribution in [2.75, 3.05) is 31.1 Å². The summed E-state index contributed by atoms with van der Waals surface area (Å²) in [7, 11) is -3.65. The summed E-state index contributed by atoms with van der Waals surface area (Å²) in [5.74, 6) is 1.39. The minimum absolute atomic E-state index is 0.0671. The highest BCUT2D eigenvalue weighted by Gasteiger charge is 2.20. The lowest BCUT2D eigenvalue weighted by molar-refractivity contribution is -0.126. The second-order valence-corrected chi connectivity index (χ2v) is 9.07. The standard InChI is InChI=1S/C23H24N4O4S/c28-23(27-15-13-26(14-16-27)22-5-1-2-12-24-22)11-8-19-6-9-21(10-7-19)32(29,30)25-18-20-4-3-17-31-20/h1-12,17,25H,13-16,18H2/b11-8+. The molecule has 166 valence electrons. The van der Waals surface area contributed by atoms with Crippen LogP contribution in [-0.2, 0) is 21.4 Å². The predicted molar refractivity (Wildman–Crippen MR) is 121 cm³/mol. The zero-order valence-electron chi connectivity index (χ0n) is 17.4. The normalized spacial score (nSPS) is 14.8. The van der Waals surface area contributed by atoms with E-state index in [9.17, 15) is 13.2 Å². The number of rotatable bonds is 7. The number of sulfonamides is 1. The molecule has 2 aromatic heterocycles. The smallest absolute Gasteiger partial charge is 0.246 e. The number of nitrogens with one attached hydrogen (secondary N) is 1. The molecule has 1 fully saturated rings. The Morgan fingerprint density at radius 2 is 1.81 bits per heavy atom. The summed E-state index contributed by atoms with van der Waals surface area (Å²) in [6.45, 7) is 2.79. The Morgan fingerprint density at radius 3 is 2.47 bits per heavy atom. The number of anilines is 1. The van der Waals surface area contributed by atoms with Crippen LogP contribution in [0.25, 0.3) is 6.08 Å². The van der Waals surface area contributed by atoms with Crippen molar-refractivity contribution in [2.45, 2.75) is 11.4 Å². The minimum atomic E-state index is -3.65. The van der Waals surface area contributed by atoms with Gasteiger partial charge in [0, 0.05) is 38.5 Å². The molecule has 0 unspecified atom stereocenters. The van der Waals surface area contributed by atoms with Crippen LogP contribution in [0, 0.1) is 0 Å². The Kier molecular flexibility index (Phi) is 6.67. The zero-order valence-corrected chi connectivity index (χ0v) is 18.2. The molecule has 1 amide bonds. The summed E-state index contributed by atoms with van der Waals surface area (Å²) >= 11 is 0. The van der Waals surface area contributed by atoms with Crippen molar-refractivity contribution in [3.05, 3.63) is 84.5 Å². The van der Waals surface area contributed by atoms with Gasteiger partial charge >= 0.3 is 0 Å². The Hall–Kier alpha value is -3.43. The van der Waals surface area contributed by atoms with Crippen LogP contribution in [0.1, 0.15) is 11.3 Å². The molecule has 0 radical (unpaired) electrons. The van der Waals surface area contributed by atoms with Crippen molar-refractivity contribution in [3.8, 4) is 0 Å². The van der Waals surface area contributed by atoms with Gasteiger partial charge in [-0.15, -0.1) is 0 Å². The topological polar surface area (TPSA) is 95.7 Å². The first kappa shape index (κ1) is 21.8. The van der Waals surface area contributed by atoms with Crippen LogP contribution in [0.3, 0.4) is 0 Å². The summed E-state index contributed by atoms with van der Waals surface area (Å²) in [5, 5.41) is 0. The third-order valence-corrected chi connectivity index (χ3v) is 6.61. The number of carbonyl (C=O) groups is 1. The first-order valence-corrected chi connectivity index (χ1v) is 11.7. The highest BCUT2D eigenvalue weighted by molar-refractivity contribution is 7.89. The van der Waals surface area contributed by atoms with Gasteiger partial charge < -0.3 is 14.2 Å². The zero-order chi connectivity index (χ0) is 22.4. The molecule has 1 aliphatic heterocycles. The van der Waals surface area contributed by atoms with Crippen LogP contribution in [0.5, 0.6) is 0 Å². The lowest BCUT2D eigenvalue weighted by atomic mass is 10.2. The second kappa shape index (κ2) is 9.80. The summed E-state index contributed by atoms with van der Waals surface area (Å²) in [4.78, 5) is 21.0. The Balaban J connectivity index is 1.30. The van der Waals surface area contributed by atoms with Gasteiger partial charge in [0.25, 0.3) is 0 Å². The molecule has 1 aromatic carbocycles. The number of nitrogens with zero attached hydrogens (tertiary/aromatic N) is 3. The SMILES string of the molecule is O=C(/C=C/c1ccc(S(=O)(=O)NCc2ccco2)cc1)N1CCN(c2ccccn2)CC1. The number of hydrogen-bond donors (Lipinski definition) is 1. The van der Waals surface area contributed by atoms with Crippen molar-refractivity contribution in [3.63, 3.8) is 0 Å². The van der Waals surface area contributed by atoms with E-state index in [0.717, 1.165) is 24.5 Å². The number of pyridine rings is 1. The van der Waals surface area contributed by atoms with E-state index < -0.39 is 10.0 Å². The molecule has 3 heterocycles.